The van der Waals surface area contributed by atoms with E-state index in [-0.39, 0.29) is 0 Å². The summed E-state index contributed by atoms with van der Waals surface area (Å²) in [5.74, 6) is -10.7. The Morgan fingerprint density at radius 1 is 1.07 bits per heavy atom. The average Bonchev–Trinajstić information content (AvgIpc) is 2.00. The maximum absolute atomic E-state index is 12.9. The highest BCUT2D eigenvalue weighted by atomic mass is 19.4. The Hall–Kier alpha value is -1.21. The molecule has 0 saturated heterocycles. The Bertz CT molecular complexity index is 269. The summed E-state index contributed by atoms with van der Waals surface area (Å²) in [7, 11) is 0. The Labute approximate surface area is 79.8 Å². The highest BCUT2D eigenvalue weighted by Crippen LogP contribution is 2.47. The second-order valence-electron chi connectivity index (χ2n) is 2.38. The van der Waals surface area contributed by atoms with Crippen LogP contribution in [0.4, 0.5) is 30.7 Å². The molecule has 0 aliphatic rings. The molecule has 88 valence electrons. The first kappa shape index (κ1) is 13.8. The third-order valence-corrected chi connectivity index (χ3v) is 1.30. The van der Waals surface area contributed by atoms with Gasteiger partial charge in [-0.3, -0.25) is 0 Å². The summed E-state index contributed by atoms with van der Waals surface area (Å²) in [6.07, 6.45) is -6.77. The fourth-order valence-corrected chi connectivity index (χ4v) is 0.599. The van der Waals surface area contributed by atoms with Gasteiger partial charge in [0.15, 0.2) is 0 Å². The van der Waals surface area contributed by atoms with Crippen molar-refractivity contribution in [3.63, 3.8) is 0 Å². The molecule has 0 aromatic heterocycles. The maximum Gasteiger partial charge on any atom is 0.467 e. The van der Waals surface area contributed by atoms with E-state index in [1.807, 2.05) is 0 Å². The van der Waals surface area contributed by atoms with Crippen molar-refractivity contribution in [1.29, 1.82) is 0 Å². The molecule has 0 heterocycles. The quantitative estimate of drug-likeness (QED) is 0.413. The smallest absolute Gasteiger partial charge is 0.420 e. The summed E-state index contributed by atoms with van der Waals surface area (Å²) < 4.78 is 88.3. The molecule has 0 fully saturated rings. The lowest BCUT2D eigenvalue weighted by Crippen LogP contribution is -2.55. The molecule has 0 aliphatic carbocycles. The minimum absolute atomic E-state index is 0.635. The Balaban J connectivity index is 5.40. The third-order valence-electron chi connectivity index (χ3n) is 1.30. The Morgan fingerprint density at radius 3 is 1.67 bits per heavy atom. The molecule has 0 aliphatic heterocycles. The number of ether oxygens (including phenoxy) is 1. The molecule has 0 radical (unpaired) electrons. The monoisotopic (exact) mass is 238 g/mol. The Morgan fingerprint density at radius 2 is 1.47 bits per heavy atom. The van der Waals surface area contributed by atoms with Crippen molar-refractivity contribution in [2.24, 2.45) is 0 Å². The van der Waals surface area contributed by atoms with E-state index in [1.54, 1.807) is 0 Å². The van der Waals surface area contributed by atoms with Gasteiger partial charge in [-0.25, -0.2) is 0 Å². The number of halogens is 7. The molecule has 1 unspecified atom stereocenters. The van der Waals surface area contributed by atoms with E-state index in [4.69, 9.17) is 0 Å². The molecule has 0 spiro atoms. The molecule has 0 saturated carbocycles. The van der Waals surface area contributed by atoms with Crippen molar-refractivity contribution in [3.8, 4) is 0 Å². The van der Waals surface area contributed by atoms with E-state index in [0.29, 0.717) is 0 Å². The van der Waals surface area contributed by atoms with Gasteiger partial charge in [0.1, 0.15) is 0 Å². The SMILES string of the molecule is C=CC(F)(F)C(F)(OC(=C)F)C(F)(F)F. The summed E-state index contributed by atoms with van der Waals surface area (Å²) in [6, 6.07) is -2.32. The van der Waals surface area contributed by atoms with Gasteiger partial charge in [-0.15, -0.1) is 0 Å². The van der Waals surface area contributed by atoms with Crippen molar-refractivity contribution in [2.45, 2.75) is 18.0 Å². The van der Waals surface area contributed by atoms with Crippen molar-refractivity contribution < 1.29 is 35.5 Å². The first-order chi connectivity index (χ1) is 6.48. The molecule has 0 N–H and O–H groups in total. The van der Waals surface area contributed by atoms with Crippen LogP contribution in [0, 0.1) is 0 Å². The average molecular weight is 238 g/mol. The molecule has 0 aromatic carbocycles. The van der Waals surface area contributed by atoms with Gasteiger partial charge in [-0.05, 0) is 12.7 Å². The van der Waals surface area contributed by atoms with Gasteiger partial charge in [0.2, 0.25) is 0 Å². The van der Waals surface area contributed by atoms with Gasteiger partial charge >= 0.3 is 18.0 Å². The van der Waals surface area contributed by atoms with Crippen LogP contribution in [0.1, 0.15) is 0 Å². The van der Waals surface area contributed by atoms with E-state index in [1.165, 1.54) is 0 Å². The second kappa shape index (κ2) is 3.74. The molecular weight excluding hydrogens is 233 g/mol. The number of hydrogen-bond acceptors (Lipinski definition) is 1. The normalized spacial score (nSPS) is 16.7. The minimum Gasteiger partial charge on any atom is -0.420 e. The molecule has 0 rings (SSSR count). The summed E-state index contributed by atoms with van der Waals surface area (Å²) in [4.78, 5) is 0. The van der Waals surface area contributed by atoms with Gasteiger partial charge in [0.25, 0.3) is 6.01 Å². The topological polar surface area (TPSA) is 9.23 Å². The Kier molecular flexibility index (Phi) is 3.44. The minimum atomic E-state index is -6.14. The lowest BCUT2D eigenvalue weighted by molar-refractivity contribution is -0.382. The first-order valence-corrected chi connectivity index (χ1v) is 3.28. The summed E-state index contributed by atoms with van der Waals surface area (Å²) in [5, 5.41) is 0. The van der Waals surface area contributed by atoms with Crippen LogP contribution >= 0.6 is 0 Å². The zero-order valence-corrected chi connectivity index (χ0v) is 7.05. The van der Waals surface area contributed by atoms with Crippen LogP contribution in [0.5, 0.6) is 0 Å². The van der Waals surface area contributed by atoms with Crippen LogP contribution in [-0.4, -0.2) is 18.0 Å². The summed E-state index contributed by atoms with van der Waals surface area (Å²) >= 11 is 0. The first-order valence-electron chi connectivity index (χ1n) is 3.28. The van der Waals surface area contributed by atoms with Crippen LogP contribution in [-0.2, 0) is 4.74 Å². The highest BCUT2D eigenvalue weighted by molar-refractivity contribution is 5.04. The van der Waals surface area contributed by atoms with Gasteiger partial charge in [-0.2, -0.15) is 30.7 Å². The second-order valence-corrected chi connectivity index (χ2v) is 2.38. The van der Waals surface area contributed by atoms with E-state index >= 15 is 0 Å². The molecule has 8 heteroatoms. The van der Waals surface area contributed by atoms with E-state index in [9.17, 15) is 30.7 Å². The van der Waals surface area contributed by atoms with Crippen LogP contribution < -0.4 is 0 Å². The molecule has 0 bridgehead atoms. The van der Waals surface area contributed by atoms with E-state index < -0.39 is 30.0 Å². The molecular formula is C7H5F7O. The molecule has 15 heavy (non-hydrogen) atoms. The van der Waals surface area contributed by atoms with Crippen molar-refractivity contribution in [3.05, 3.63) is 25.2 Å². The fraction of sp³-hybridized carbons (Fsp3) is 0.429. The van der Waals surface area contributed by atoms with Crippen molar-refractivity contribution in [1.82, 2.24) is 0 Å². The van der Waals surface area contributed by atoms with Crippen LogP contribution in [0.2, 0.25) is 0 Å². The van der Waals surface area contributed by atoms with Gasteiger partial charge < -0.3 is 4.74 Å². The van der Waals surface area contributed by atoms with Crippen molar-refractivity contribution in [2.75, 3.05) is 0 Å². The number of hydrogen-bond donors (Lipinski definition) is 0. The fourth-order valence-electron chi connectivity index (χ4n) is 0.599. The molecule has 0 amide bonds. The number of rotatable bonds is 4. The van der Waals surface area contributed by atoms with Gasteiger partial charge in [0, 0.05) is 0 Å². The highest BCUT2D eigenvalue weighted by Gasteiger charge is 2.73. The summed E-state index contributed by atoms with van der Waals surface area (Å²) in [6.45, 7) is 4.40. The van der Waals surface area contributed by atoms with Crippen molar-refractivity contribution >= 4 is 0 Å². The van der Waals surface area contributed by atoms with Crippen LogP contribution in [0.25, 0.3) is 0 Å². The number of alkyl halides is 6. The van der Waals surface area contributed by atoms with E-state index in [0.717, 1.165) is 0 Å². The summed E-state index contributed by atoms with van der Waals surface area (Å²) in [5.41, 5.74) is 0. The van der Waals surface area contributed by atoms with Crippen LogP contribution in [0.3, 0.4) is 0 Å². The van der Waals surface area contributed by atoms with Crippen LogP contribution in [0.15, 0.2) is 25.2 Å². The molecule has 0 aromatic rings. The molecule has 1 atom stereocenters. The standard InChI is InChI=1S/C7H5F7O/c1-3-5(9,10)6(11,7(12,13)14)15-4(2)8/h3H,1-2H2. The predicted molar refractivity (Wildman–Crippen MR) is 36.4 cm³/mol. The van der Waals surface area contributed by atoms with Gasteiger partial charge in [0.05, 0.1) is 0 Å². The zero-order chi connectivity index (χ0) is 12.5. The van der Waals surface area contributed by atoms with E-state index in [2.05, 4.69) is 17.9 Å². The lowest BCUT2D eigenvalue weighted by atomic mass is 10.1. The maximum atomic E-state index is 12.9. The lowest BCUT2D eigenvalue weighted by Gasteiger charge is -2.31. The molecule has 1 nitrogen and oxygen atoms in total. The third kappa shape index (κ3) is 2.42. The largest absolute Gasteiger partial charge is 0.467 e. The predicted octanol–water partition coefficient (Wildman–Crippen LogP) is 3.49. The van der Waals surface area contributed by atoms with Gasteiger partial charge in [-0.1, -0.05) is 6.58 Å². The zero-order valence-electron chi connectivity index (χ0n) is 7.05.